The summed E-state index contributed by atoms with van der Waals surface area (Å²) in [5.41, 5.74) is 2.83. The van der Waals surface area contributed by atoms with Crippen LogP contribution in [0.3, 0.4) is 0 Å². The molecule has 2 aromatic heterocycles. The molecule has 0 aliphatic carbocycles. The molecule has 0 aliphatic rings. The monoisotopic (exact) mass is 318 g/mol. The maximum Gasteiger partial charge on any atom is 0.267 e. The van der Waals surface area contributed by atoms with Gasteiger partial charge in [-0.3, -0.25) is 4.79 Å². The zero-order chi connectivity index (χ0) is 14.8. The second-order valence-electron chi connectivity index (χ2n) is 4.86. The fraction of sp³-hybridized carbons (Fsp3) is 0.188. The van der Waals surface area contributed by atoms with Gasteiger partial charge in [-0.25, -0.2) is 0 Å². The highest BCUT2D eigenvalue weighted by molar-refractivity contribution is 7.17. The van der Waals surface area contributed by atoms with E-state index >= 15 is 0 Å². The quantitative estimate of drug-likeness (QED) is 0.778. The van der Waals surface area contributed by atoms with Crippen molar-refractivity contribution in [1.82, 2.24) is 9.88 Å². The fourth-order valence-corrected chi connectivity index (χ4v) is 3.45. The molecule has 0 radical (unpaired) electrons. The minimum Gasteiger partial charge on any atom is -0.350 e. The summed E-state index contributed by atoms with van der Waals surface area (Å²) < 4.78 is 3.06. The van der Waals surface area contributed by atoms with Gasteiger partial charge < -0.3 is 9.88 Å². The van der Waals surface area contributed by atoms with Crippen LogP contribution in [0.1, 0.15) is 16.1 Å². The van der Waals surface area contributed by atoms with E-state index in [0.717, 1.165) is 27.2 Å². The Morgan fingerprint density at radius 2 is 2.14 bits per heavy atom. The Morgan fingerprint density at radius 1 is 1.33 bits per heavy atom. The second-order valence-corrected chi connectivity index (χ2v) is 6.21. The number of fused-ring (bicyclic) bond motifs is 1. The van der Waals surface area contributed by atoms with E-state index in [1.54, 1.807) is 11.3 Å². The molecule has 0 spiro atoms. The number of thiophene rings is 1. The van der Waals surface area contributed by atoms with Gasteiger partial charge in [0.25, 0.3) is 5.91 Å². The van der Waals surface area contributed by atoms with Gasteiger partial charge in [0, 0.05) is 18.6 Å². The minimum atomic E-state index is -0.0482. The summed E-state index contributed by atoms with van der Waals surface area (Å²) in [6.45, 7) is 0.571. The van der Waals surface area contributed by atoms with Crippen molar-refractivity contribution in [3.8, 4) is 0 Å². The normalized spacial score (nSPS) is 11.0. The molecule has 0 bridgehead atoms. The lowest BCUT2D eigenvalue weighted by Gasteiger charge is -2.07. The first-order valence-electron chi connectivity index (χ1n) is 6.71. The van der Waals surface area contributed by atoms with Gasteiger partial charge in [-0.1, -0.05) is 29.8 Å². The van der Waals surface area contributed by atoms with E-state index in [4.69, 9.17) is 11.6 Å². The summed E-state index contributed by atoms with van der Waals surface area (Å²) in [6, 6.07) is 11.7. The van der Waals surface area contributed by atoms with Gasteiger partial charge in [-0.15, -0.1) is 11.3 Å². The van der Waals surface area contributed by atoms with E-state index in [-0.39, 0.29) is 5.91 Å². The Hall–Kier alpha value is -1.78. The molecule has 0 fully saturated rings. The molecular formula is C16H15ClN2OS. The molecule has 0 atom stereocenters. The Morgan fingerprint density at radius 3 is 2.90 bits per heavy atom. The first-order chi connectivity index (χ1) is 10.2. The van der Waals surface area contributed by atoms with E-state index in [2.05, 4.69) is 5.32 Å². The average molecular weight is 319 g/mol. The lowest BCUT2D eigenvalue weighted by atomic mass is 10.1. The van der Waals surface area contributed by atoms with Crippen LogP contribution in [-0.4, -0.2) is 17.0 Å². The number of nitrogens with one attached hydrogen (secondary N) is 1. The highest BCUT2D eigenvalue weighted by Gasteiger charge is 2.13. The van der Waals surface area contributed by atoms with Gasteiger partial charge in [-0.05, 0) is 35.6 Å². The number of benzene rings is 1. The Bertz CT molecular complexity index is 791. The molecular weight excluding hydrogens is 304 g/mol. The van der Waals surface area contributed by atoms with Crippen LogP contribution in [0.5, 0.6) is 0 Å². The molecule has 0 unspecified atom stereocenters. The maximum atomic E-state index is 12.2. The molecule has 108 valence electrons. The highest BCUT2D eigenvalue weighted by Crippen LogP contribution is 2.24. The van der Waals surface area contributed by atoms with Crippen molar-refractivity contribution >= 4 is 39.1 Å². The number of nitrogens with zero attached hydrogens (tertiary/aromatic N) is 1. The fourth-order valence-electron chi connectivity index (χ4n) is 2.37. The number of hydrogen-bond acceptors (Lipinski definition) is 2. The SMILES string of the molecule is Cn1c(C(=O)NCCc2ccccc2Cl)cc2sccc21. The van der Waals surface area contributed by atoms with Crippen molar-refractivity contribution in [1.29, 1.82) is 0 Å². The number of aromatic nitrogens is 1. The van der Waals surface area contributed by atoms with Crippen LogP contribution >= 0.6 is 22.9 Å². The Balaban J connectivity index is 1.65. The molecule has 0 aliphatic heterocycles. The molecule has 1 aromatic carbocycles. The third-order valence-electron chi connectivity index (χ3n) is 3.53. The van der Waals surface area contributed by atoms with Crippen molar-refractivity contribution in [2.75, 3.05) is 6.54 Å². The Labute approximate surface area is 132 Å². The molecule has 2 heterocycles. The molecule has 1 N–H and O–H groups in total. The third kappa shape index (κ3) is 2.82. The van der Waals surface area contributed by atoms with Gasteiger partial charge in [0.15, 0.2) is 0 Å². The van der Waals surface area contributed by atoms with E-state index in [9.17, 15) is 4.79 Å². The summed E-state index contributed by atoms with van der Waals surface area (Å²) in [7, 11) is 1.91. The van der Waals surface area contributed by atoms with Crippen molar-refractivity contribution in [3.63, 3.8) is 0 Å². The molecule has 3 rings (SSSR count). The zero-order valence-corrected chi connectivity index (χ0v) is 13.2. The average Bonchev–Trinajstić information content (AvgIpc) is 3.04. The van der Waals surface area contributed by atoms with Gasteiger partial charge in [-0.2, -0.15) is 0 Å². The molecule has 0 saturated carbocycles. The largest absolute Gasteiger partial charge is 0.350 e. The van der Waals surface area contributed by atoms with Crippen LogP contribution in [0.15, 0.2) is 41.8 Å². The predicted molar refractivity (Wildman–Crippen MR) is 88.3 cm³/mol. The van der Waals surface area contributed by atoms with Gasteiger partial charge in [0.05, 0.1) is 10.2 Å². The number of carbonyl (C=O) groups is 1. The van der Waals surface area contributed by atoms with Crippen LogP contribution in [0.2, 0.25) is 5.02 Å². The Kier molecular flexibility index (Phi) is 3.99. The predicted octanol–water partition coefficient (Wildman–Crippen LogP) is 3.87. The number of hydrogen-bond donors (Lipinski definition) is 1. The molecule has 0 saturated heterocycles. The van der Waals surface area contributed by atoms with E-state index < -0.39 is 0 Å². The third-order valence-corrected chi connectivity index (χ3v) is 4.76. The van der Waals surface area contributed by atoms with Crippen molar-refractivity contribution < 1.29 is 4.79 Å². The zero-order valence-electron chi connectivity index (χ0n) is 11.6. The highest BCUT2D eigenvalue weighted by atomic mass is 35.5. The number of amides is 1. The summed E-state index contributed by atoms with van der Waals surface area (Å²) in [5.74, 6) is -0.0482. The summed E-state index contributed by atoms with van der Waals surface area (Å²) in [6.07, 6.45) is 0.726. The first kappa shape index (κ1) is 14.2. The van der Waals surface area contributed by atoms with Crippen molar-refractivity contribution in [3.05, 3.63) is 58.1 Å². The minimum absolute atomic E-state index is 0.0482. The van der Waals surface area contributed by atoms with Crippen LogP contribution in [0, 0.1) is 0 Å². The van der Waals surface area contributed by atoms with E-state index in [0.29, 0.717) is 12.2 Å². The standard InChI is InChI=1S/C16H15ClN2OS/c1-19-13-7-9-21-15(13)10-14(19)16(20)18-8-6-11-4-2-3-5-12(11)17/h2-5,7,9-10H,6,8H2,1H3,(H,18,20). The lowest BCUT2D eigenvalue weighted by molar-refractivity contribution is 0.0946. The van der Waals surface area contributed by atoms with Crippen molar-refractivity contribution in [2.45, 2.75) is 6.42 Å². The first-order valence-corrected chi connectivity index (χ1v) is 7.97. The molecule has 3 nitrogen and oxygen atoms in total. The lowest BCUT2D eigenvalue weighted by Crippen LogP contribution is -2.27. The number of carbonyl (C=O) groups excluding carboxylic acids is 1. The van der Waals surface area contributed by atoms with Crippen LogP contribution in [-0.2, 0) is 13.5 Å². The van der Waals surface area contributed by atoms with Crippen LogP contribution in [0.25, 0.3) is 10.2 Å². The van der Waals surface area contributed by atoms with Crippen LogP contribution in [0.4, 0.5) is 0 Å². The number of aryl methyl sites for hydroxylation is 1. The number of halogens is 1. The topological polar surface area (TPSA) is 34.0 Å². The second kappa shape index (κ2) is 5.92. The van der Waals surface area contributed by atoms with E-state index in [1.165, 1.54) is 0 Å². The van der Waals surface area contributed by atoms with Gasteiger partial charge in [0.1, 0.15) is 5.69 Å². The molecule has 5 heteroatoms. The van der Waals surface area contributed by atoms with E-state index in [1.807, 2.05) is 53.4 Å². The molecule has 3 aromatic rings. The molecule has 21 heavy (non-hydrogen) atoms. The summed E-state index contributed by atoms with van der Waals surface area (Å²) in [5, 5.41) is 5.73. The smallest absolute Gasteiger partial charge is 0.267 e. The summed E-state index contributed by atoms with van der Waals surface area (Å²) >= 11 is 7.75. The number of rotatable bonds is 4. The van der Waals surface area contributed by atoms with Crippen molar-refractivity contribution in [2.24, 2.45) is 7.05 Å². The van der Waals surface area contributed by atoms with Crippen LogP contribution < -0.4 is 5.32 Å². The maximum absolute atomic E-state index is 12.2. The summed E-state index contributed by atoms with van der Waals surface area (Å²) in [4.78, 5) is 12.2. The van der Waals surface area contributed by atoms with Gasteiger partial charge >= 0.3 is 0 Å². The molecule has 1 amide bonds. The van der Waals surface area contributed by atoms with Gasteiger partial charge in [0.2, 0.25) is 0 Å².